The number of carboxylic acid groups (broad SMARTS) is 1. The molecule has 6 nitrogen and oxygen atoms in total. The van der Waals surface area contributed by atoms with Gasteiger partial charge in [-0.25, -0.2) is 0 Å². The summed E-state index contributed by atoms with van der Waals surface area (Å²) in [5.74, 6) is -1.73. The minimum atomic E-state index is -0.918. The first-order chi connectivity index (χ1) is 10.9. The van der Waals surface area contributed by atoms with E-state index in [2.05, 4.69) is 5.10 Å². The number of carbonyl (C=O) groups excluding carboxylic acids is 1. The summed E-state index contributed by atoms with van der Waals surface area (Å²) in [6.45, 7) is 4.28. The number of hydrogen-bond acceptors (Lipinski definition) is 4. The molecule has 7 heteroatoms. The number of carboxylic acids is 1. The topological polar surface area (TPSA) is 75.4 Å². The Morgan fingerprint density at radius 2 is 2.22 bits per heavy atom. The monoisotopic (exact) mass is 333 g/mol. The van der Waals surface area contributed by atoms with Crippen molar-refractivity contribution in [3.05, 3.63) is 39.3 Å². The van der Waals surface area contributed by atoms with E-state index in [0.29, 0.717) is 6.54 Å². The van der Waals surface area contributed by atoms with E-state index in [1.54, 1.807) is 9.58 Å². The second-order valence-electron chi connectivity index (χ2n) is 5.90. The highest BCUT2D eigenvalue weighted by atomic mass is 32.1. The smallest absolute Gasteiger partial charge is 0.309 e. The fraction of sp³-hybridized carbons (Fsp3) is 0.438. The highest BCUT2D eigenvalue weighted by molar-refractivity contribution is 7.10. The molecule has 1 N–H and O–H groups in total. The van der Waals surface area contributed by atoms with Crippen LogP contribution < -0.4 is 0 Å². The molecule has 0 aliphatic carbocycles. The largest absolute Gasteiger partial charge is 0.481 e. The van der Waals surface area contributed by atoms with Gasteiger partial charge in [0.05, 0.1) is 17.7 Å². The van der Waals surface area contributed by atoms with Crippen molar-refractivity contribution in [1.82, 2.24) is 14.7 Å². The van der Waals surface area contributed by atoms with E-state index >= 15 is 0 Å². The normalized spacial score (nSPS) is 21.2. The molecule has 0 unspecified atom stereocenters. The van der Waals surface area contributed by atoms with Crippen molar-refractivity contribution >= 4 is 23.2 Å². The van der Waals surface area contributed by atoms with E-state index in [1.807, 2.05) is 38.4 Å². The number of hydrogen-bond donors (Lipinski definition) is 1. The highest BCUT2D eigenvalue weighted by Crippen LogP contribution is 2.41. The van der Waals surface area contributed by atoms with E-state index < -0.39 is 17.9 Å². The van der Waals surface area contributed by atoms with Crippen molar-refractivity contribution in [2.24, 2.45) is 13.0 Å². The molecule has 1 aliphatic heterocycles. The lowest BCUT2D eigenvalue weighted by Crippen LogP contribution is -2.30. The maximum atomic E-state index is 12.5. The zero-order valence-electron chi connectivity index (χ0n) is 13.3. The molecule has 2 atom stereocenters. The SMILES string of the molecule is Cc1nn(C)c(C)c1CN1C(=O)C[C@H](C(=O)O)[C@H]1c1cccs1. The third-order valence-electron chi connectivity index (χ3n) is 4.57. The van der Waals surface area contributed by atoms with Crippen LogP contribution in [0.25, 0.3) is 0 Å². The molecule has 3 rings (SSSR count). The third kappa shape index (κ3) is 2.65. The predicted octanol–water partition coefficient (Wildman–Crippen LogP) is 2.27. The van der Waals surface area contributed by atoms with Crippen LogP contribution in [0.3, 0.4) is 0 Å². The first-order valence-corrected chi connectivity index (χ1v) is 8.33. The van der Waals surface area contributed by atoms with Crippen molar-refractivity contribution in [3.8, 4) is 0 Å². The predicted molar refractivity (Wildman–Crippen MR) is 86.0 cm³/mol. The zero-order chi connectivity index (χ0) is 16.7. The van der Waals surface area contributed by atoms with Gasteiger partial charge in [-0.3, -0.25) is 14.3 Å². The van der Waals surface area contributed by atoms with Gasteiger partial charge in [-0.05, 0) is 25.3 Å². The number of thiophene rings is 1. The van der Waals surface area contributed by atoms with Crippen LogP contribution in [0, 0.1) is 19.8 Å². The Bertz CT molecular complexity index is 751. The lowest BCUT2D eigenvalue weighted by Gasteiger charge is -2.26. The van der Waals surface area contributed by atoms with Gasteiger partial charge in [-0.1, -0.05) is 6.07 Å². The van der Waals surface area contributed by atoms with Gasteiger partial charge in [0.15, 0.2) is 0 Å². The van der Waals surface area contributed by atoms with Gasteiger partial charge >= 0.3 is 5.97 Å². The number of nitrogens with zero attached hydrogens (tertiary/aromatic N) is 3. The average Bonchev–Trinajstić information content (AvgIpc) is 3.16. The quantitative estimate of drug-likeness (QED) is 0.931. The molecule has 1 fully saturated rings. The summed E-state index contributed by atoms with van der Waals surface area (Å²) >= 11 is 1.49. The van der Waals surface area contributed by atoms with Gasteiger partial charge < -0.3 is 10.0 Å². The van der Waals surface area contributed by atoms with Crippen LogP contribution >= 0.6 is 11.3 Å². The van der Waals surface area contributed by atoms with Gasteiger partial charge in [-0.2, -0.15) is 5.10 Å². The number of carbonyl (C=O) groups is 2. The summed E-state index contributed by atoms with van der Waals surface area (Å²) < 4.78 is 1.79. The lowest BCUT2D eigenvalue weighted by atomic mass is 9.99. The molecule has 2 aromatic rings. The second-order valence-corrected chi connectivity index (χ2v) is 6.88. The van der Waals surface area contributed by atoms with Crippen LogP contribution in [0.5, 0.6) is 0 Å². The van der Waals surface area contributed by atoms with Crippen LogP contribution in [0.1, 0.15) is 34.3 Å². The van der Waals surface area contributed by atoms with Crippen molar-refractivity contribution in [2.45, 2.75) is 32.9 Å². The van der Waals surface area contributed by atoms with Gasteiger partial charge in [0, 0.05) is 36.1 Å². The first kappa shape index (κ1) is 15.7. The molecular formula is C16H19N3O3S. The van der Waals surface area contributed by atoms with Crippen molar-refractivity contribution < 1.29 is 14.7 Å². The average molecular weight is 333 g/mol. The van der Waals surface area contributed by atoms with E-state index in [9.17, 15) is 14.7 Å². The standard InChI is InChI=1S/C16H19N3O3S/c1-9-12(10(2)18(3)17-9)8-19-14(20)7-11(16(21)22)15(19)13-5-4-6-23-13/h4-6,11,15H,7-8H2,1-3H3,(H,21,22)/t11-,15-/m0/s1. The van der Waals surface area contributed by atoms with Crippen molar-refractivity contribution in [3.63, 3.8) is 0 Å². The molecule has 0 bridgehead atoms. The number of likely N-dealkylation sites (tertiary alicyclic amines) is 1. The molecular weight excluding hydrogens is 314 g/mol. The molecule has 0 spiro atoms. The summed E-state index contributed by atoms with van der Waals surface area (Å²) in [5.41, 5.74) is 2.87. The molecule has 0 saturated carbocycles. The summed E-state index contributed by atoms with van der Waals surface area (Å²) in [7, 11) is 1.87. The molecule has 0 radical (unpaired) electrons. The molecule has 3 heterocycles. The number of amides is 1. The fourth-order valence-electron chi connectivity index (χ4n) is 3.23. The van der Waals surface area contributed by atoms with Crippen LogP contribution in [0.2, 0.25) is 0 Å². The first-order valence-electron chi connectivity index (χ1n) is 7.45. The molecule has 1 amide bonds. The Morgan fingerprint density at radius 1 is 1.48 bits per heavy atom. The molecule has 2 aromatic heterocycles. The van der Waals surface area contributed by atoms with Gasteiger partial charge in [-0.15, -0.1) is 11.3 Å². The highest BCUT2D eigenvalue weighted by Gasteiger charge is 2.45. The maximum Gasteiger partial charge on any atom is 0.309 e. The fourth-order valence-corrected chi connectivity index (χ4v) is 4.13. The lowest BCUT2D eigenvalue weighted by molar-refractivity contribution is -0.142. The second kappa shape index (κ2) is 5.81. The number of aromatic nitrogens is 2. The number of aliphatic carboxylic acids is 1. The molecule has 1 aliphatic rings. The Labute approximate surface area is 138 Å². The van der Waals surface area contributed by atoms with E-state index in [-0.39, 0.29) is 12.3 Å². The number of aryl methyl sites for hydroxylation is 2. The van der Waals surface area contributed by atoms with Crippen LogP contribution in [0.4, 0.5) is 0 Å². The maximum absolute atomic E-state index is 12.5. The van der Waals surface area contributed by atoms with Gasteiger partial charge in [0.25, 0.3) is 0 Å². The Kier molecular flexibility index (Phi) is 3.97. The molecule has 23 heavy (non-hydrogen) atoms. The Hall–Kier alpha value is -2.15. The van der Waals surface area contributed by atoms with Gasteiger partial charge in [0.1, 0.15) is 0 Å². The van der Waals surface area contributed by atoms with E-state index in [1.165, 1.54) is 11.3 Å². The van der Waals surface area contributed by atoms with Crippen LogP contribution in [0.15, 0.2) is 17.5 Å². The summed E-state index contributed by atoms with van der Waals surface area (Å²) in [6.07, 6.45) is 0.0518. The molecule has 0 aromatic carbocycles. The molecule has 122 valence electrons. The molecule has 1 saturated heterocycles. The number of rotatable bonds is 4. The van der Waals surface area contributed by atoms with Crippen molar-refractivity contribution in [2.75, 3.05) is 0 Å². The van der Waals surface area contributed by atoms with E-state index in [0.717, 1.165) is 21.8 Å². The van der Waals surface area contributed by atoms with Gasteiger partial charge in [0.2, 0.25) is 5.91 Å². The zero-order valence-corrected chi connectivity index (χ0v) is 14.1. The minimum absolute atomic E-state index is 0.0518. The Morgan fingerprint density at radius 3 is 2.74 bits per heavy atom. The van der Waals surface area contributed by atoms with Crippen molar-refractivity contribution in [1.29, 1.82) is 0 Å². The summed E-state index contributed by atoms with van der Waals surface area (Å²) in [4.78, 5) is 26.7. The third-order valence-corrected chi connectivity index (χ3v) is 5.51. The Balaban J connectivity index is 1.98. The minimum Gasteiger partial charge on any atom is -0.481 e. The van der Waals surface area contributed by atoms with Crippen LogP contribution in [-0.2, 0) is 23.2 Å². The van der Waals surface area contributed by atoms with Crippen LogP contribution in [-0.4, -0.2) is 31.7 Å². The summed E-state index contributed by atoms with van der Waals surface area (Å²) in [6, 6.07) is 3.39. The summed E-state index contributed by atoms with van der Waals surface area (Å²) in [5, 5.41) is 15.8. The van der Waals surface area contributed by atoms with E-state index in [4.69, 9.17) is 0 Å².